The van der Waals surface area contributed by atoms with E-state index in [9.17, 15) is 4.79 Å². The van der Waals surface area contributed by atoms with E-state index in [0.29, 0.717) is 16.9 Å². The van der Waals surface area contributed by atoms with Gasteiger partial charge in [-0.3, -0.25) is 4.79 Å². The van der Waals surface area contributed by atoms with Gasteiger partial charge in [-0.15, -0.1) is 0 Å². The number of Topliss-reactive ketones (excluding diaryl/α,β-unsaturated/α-hetero) is 1. The van der Waals surface area contributed by atoms with E-state index in [4.69, 9.17) is 10.00 Å². The Kier molecular flexibility index (Phi) is 3.40. The summed E-state index contributed by atoms with van der Waals surface area (Å²) in [6.45, 7) is -0.0340. The molecule has 21 heavy (non-hydrogen) atoms. The largest absolute Gasteiger partial charge is 0.485 e. The lowest BCUT2D eigenvalue weighted by atomic mass is 10.1. The molecule has 3 aromatic rings. The first-order valence-electron chi connectivity index (χ1n) is 6.50. The number of para-hydroxylation sites is 1. The molecule has 1 N–H and O–H groups in total. The first-order chi connectivity index (χ1) is 10.3. The number of rotatable bonds is 4. The highest BCUT2D eigenvalue weighted by atomic mass is 16.5. The second kappa shape index (κ2) is 5.51. The normalized spacial score (nSPS) is 10.2. The third-order valence-corrected chi connectivity index (χ3v) is 3.24. The van der Waals surface area contributed by atoms with Crippen molar-refractivity contribution in [1.82, 2.24) is 4.98 Å². The fourth-order valence-corrected chi connectivity index (χ4v) is 2.15. The molecule has 0 aliphatic heterocycles. The van der Waals surface area contributed by atoms with Crippen LogP contribution in [0.25, 0.3) is 10.9 Å². The van der Waals surface area contributed by atoms with Crippen molar-refractivity contribution >= 4 is 16.7 Å². The first kappa shape index (κ1) is 12.9. The molecule has 4 heteroatoms. The van der Waals surface area contributed by atoms with Crippen molar-refractivity contribution in [2.75, 3.05) is 6.61 Å². The number of nitriles is 1. The molecule has 0 saturated heterocycles. The zero-order valence-electron chi connectivity index (χ0n) is 11.2. The first-order valence-corrected chi connectivity index (χ1v) is 6.50. The number of fused-ring (bicyclic) bond motifs is 1. The Balaban J connectivity index is 1.73. The number of aromatic nitrogens is 1. The topological polar surface area (TPSA) is 65.9 Å². The van der Waals surface area contributed by atoms with Crippen LogP contribution in [0, 0.1) is 11.3 Å². The van der Waals surface area contributed by atoms with Crippen LogP contribution in [0.4, 0.5) is 0 Å². The van der Waals surface area contributed by atoms with Gasteiger partial charge in [0.25, 0.3) is 0 Å². The average Bonchev–Trinajstić information content (AvgIpc) is 2.97. The van der Waals surface area contributed by atoms with E-state index < -0.39 is 0 Å². The summed E-state index contributed by atoms with van der Waals surface area (Å²) in [7, 11) is 0. The second-order valence-corrected chi connectivity index (χ2v) is 4.60. The molecule has 0 bridgehead atoms. The Hall–Kier alpha value is -3.06. The van der Waals surface area contributed by atoms with Crippen LogP contribution in [0.3, 0.4) is 0 Å². The van der Waals surface area contributed by atoms with Crippen molar-refractivity contribution in [3.05, 3.63) is 65.9 Å². The van der Waals surface area contributed by atoms with Crippen molar-refractivity contribution in [2.45, 2.75) is 0 Å². The number of benzene rings is 2. The smallest absolute Gasteiger partial charge is 0.202 e. The highest BCUT2D eigenvalue weighted by Crippen LogP contribution is 2.19. The zero-order valence-corrected chi connectivity index (χ0v) is 11.2. The number of nitrogens with one attached hydrogen (secondary N) is 1. The third-order valence-electron chi connectivity index (χ3n) is 3.24. The number of aromatic amines is 1. The van der Waals surface area contributed by atoms with Crippen LogP contribution in [0.15, 0.2) is 54.7 Å². The molecule has 4 nitrogen and oxygen atoms in total. The van der Waals surface area contributed by atoms with Crippen molar-refractivity contribution in [3.8, 4) is 11.8 Å². The van der Waals surface area contributed by atoms with Crippen LogP contribution < -0.4 is 4.74 Å². The van der Waals surface area contributed by atoms with Gasteiger partial charge in [0.15, 0.2) is 6.61 Å². The lowest BCUT2D eigenvalue weighted by Gasteiger charge is -2.04. The third kappa shape index (κ3) is 2.63. The van der Waals surface area contributed by atoms with Gasteiger partial charge in [0, 0.05) is 22.7 Å². The summed E-state index contributed by atoms with van der Waals surface area (Å²) in [6, 6.07) is 16.4. The Morgan fingerprint density at radius 1 is 1.14 bits per heavy atom. The van der Waals surface area contributed by atoms with Crippen LogP contribution in [-0.4, -0.2) is 17.4 Å². The highest BCUT2D eigenvalue weighted by molar-refractivity contribution is 6.08. The number of ether oxygens (including phenoxy) is 1. The van der Waals surface area contributed by atoms with E-state index in [0.717, 1.165) is 10.9 Å². The molecule has 1 heterocycles. The molecule has 0 saturated carbocycles. The van der Waals surface area contributed by atoms with Gasteiger partial charge >= 0.3 is 0 Å². The lowest BCUT2D eigenvalue weighted by Crippen LogP contribution is -2.11. The average molecular weight is 276 g/mol. The molecular formula is C17H12N2O2. The Morgan fingerprint density at radius 3 is 2.67 bits per heavy atom. The summed E-state index contributed by atoms with van der Waals surface area (Å²) in [5, 5.41) is 9.62. The van der Waals surface area contributed by atoms with E-state index in [1.165, 1.54) is 0 Å². The van der Waals surface area contributed by atoms with E-state index >= 15 is 0 Å². The standard InChI is InChI=1S/C17H12N2O2/c18-9-12-5-7-13(8-6-12)21-11-17(20)15-10-19-16-4-2-1-3-14(15)16/h1-8,10,19H,11H2. The van der Waals surface area contributed by atoms with Crippen LogP contribution >= 0.6 is 0 Å². The maximum atomic E-state index is 12.2. The van der Waals surface area contributed by atoms with Crippen LogP contribution in [0.5, 0.6) is 5.75 Å². The number of hydrogen-bond acceptors (Lipinski definition) is 3. The minimum absolute atomic E-state index is 0.0340. The maximum absolute atomic E-state index is 12.2. The summed E-state index contributed by atoms with van der Waals surface area (Å²) in [5.74, 6) is 0.485. The van der Waals surface area contributed by atoms with Crippen LogP contribution in [0.1, 0.15) is 15.9 Å². The Morgan fingerprint density at radius 2 is 1.90 bits per heavy atom. The molecule has 3 rings (SSSR count). The number of carbonyl (C=O) groups excluding carboxylic acids is 1. The minimum Gasteiger partial charge on any atom is -0.485 e. The molecule has 0 spiro atoms. The molecule has 0 unspecified atom stereocenters. The second-order valence-electron chi connectivity index (χ2n) is 4.60. The predicted octanol–water partition coefficient (Wildman–Crippen LogP) is 3.30. The van der Waals surface area contributed by atoms with Crippen molar-refractivity contribution in [1.29, 1.82) is 5.26 Å². The summed E-state index contributed by atoms with van der Waals surface area (Å²) >= 11 is 0. The molecule has 0 amide bonds. The van der Waals surface area contributed by atoms with Gasteiger partial charge in [-0.1, -0.05) is 18.2 Å². The molecule has 0 atom stereocenters. The molecular weight excluding hydrogens is 264 g/mol. The molecule has 102 valence electrons. The van der Waals surface area contributed by atoms with Gasteiger partial charge in [0.2, 0.25) is 5.78 Å². The monoisotopic (exact) mass is 276 g/mol. The predicted molar refractivity (Wildman–Crippen MR) is 79.3 cm³/mol. The van der Waals surface area contributed by atoms with E-state index in [1.807, 2.05) is 30.3 Å². The summed E-state index contributed by atoms with van der Waals surface area (Å²) in [5.41, 5.74) is 2.11. The molecule has 1 aromatic heterocycles. The number of carbonyl (C=O) groups is 1. The van der Waals surface area contributed by atoms with Crippen molar-refractivity contribution in [2.24, 2.45) is 0 Å². The SMILES string of the molecule is N#Cc1ccc(OCC(=O)c2c[nH]c3ccccc23)cc1. The zero-order chi connectivity index (χ0) is 14.7. The van der Waals surface area contributed by atoms with E-state index in [-0.39, 0.29) is 12.4 Å². The van der Waals surface area contributed by atoms with Gasteiger partial charge in [-0.2, -0.15) is 5.26 Å². The van der Waals surface area contributed by atoms with Crippen molar-refractivity contribution < 1.29 is 9.53 Å². The Bertz CT molecular complexity index is 826. The van der Waals surface area contributed by atoms with Crippen LogP contribution in [-0.2, 0) is 0 Å². The lowest BCUT2D eigenvalue weighted by molar-refractivity contribution is 0.0923. The minimum atomic E-state index is -0.0863. The van der Waals surface area contributed by atoms with Gasteiger partial charge in [-0.05, 0) is 30.3 Å². The fraction of sp³-hybridized carbons (Fsp3) is 0.0588. The van der Waals surface area contributed by atoms with Gasteiger partial charge in [-0.25, -0.2) is 0 Å². The quantitative estimate of drug-likeness (QED) is 0.743. The van der Waals surface area contributed by atoms with E-state index in [1.54, 1.807) is 30.5 Å². The summed E-state index contributed by atoms with van der Waals surface area (Å²) < 4.78 is 5.47. The van der Waals surface area contributed by atoms with Crippen LogP contribution in [0.2, 0.25) is 0 Å². The number of H-pyrrole nitrogens is 1. The summed E-state index contributed by atoms with van der Waals surface area (Å²) in [4.78, 5) is 15.3. The fourth-order valence-electron chi connectivity index (χ4n) is 2.15. The number of nitrogens with zero attached hydrogens (tertiary/aromatic N) is 1. The maximum Gasteiger partial charge on any atom is 0.202 e. The Labute approximate surface area is 121 Å². The molecule has 0 radical (unpaired) electrons. The molecule has 0 aliphatic rings. The van der Waals surface area contributed by atoms with E-state index in [2.05, 4.69) is 4.98 Å². The number of hydrogen-bond donors (Lipinski definition) is 1. The molecule has 0 fully saturated rings. The van der Waals surface area contributed by atoms with Gasteiger partial charge < -0.3 is 9.72 Å². The number of ketones is 1. The molecule has 2 aromatic carbocycles. The molecule has 0 aliphatic carbocycles. The highest BCUT2D eigenvalue weighted by Gasteiger charge is 2.12. The van der Waals surface area contributed by atoms with Crippen molar-refractivity contribution in [3.63, 3.8) is 0 Å². The summed E-state index contributed by atoms with van der Waals surface area (Å²) in [6.07, 6.45) is 1.70. The van der Waals surface area contributed by atoms with Gasteiger partial charge in [0.1, 0.15) is 5.75 Å². The van der Waals surface area contributed by atoms with Gasteiger partial charge in [0.05, 0.1) is 11.6 Å².